The molecule has 2 rings (SSSR count). The highest BCUT2D eigenvalue weighted by molar-refractivity contribution is 5.84. The number of aldehydes is 1. The first-order chi connectivity index (χ1) is 12.0. The lowest BCUT2D eigenvalue weighted by Gasteiger charge is -2.19. The Labute approximate surface area is 146 Å². The minimum Gasteiger partial charge on any atom is -0.508 e. The molecular formula is C19H22N2O4. The van der Waals surface area contributed by atoms with Gasteiger partial charge in [-0.15, -0.1) is 0 Å². The standard InChI is InChI=1S/C19H22N2O4/c1-20-18(11-14-4-8-17(24)9-5-14)19(25)21-15(12-22)10-13-2-6-16(23)7-3-13/h2-9,12,15,18,20,23-24H,10-11H2,1H3,(H,21,25). The lowest BCUT2D eigenvalue weighted by molar-refractivity contribution is -0.125. The molecule has 0 heterocycles. The summed E-state index contributed by atoms with van der Waals surface area (Å²) < 4.78 is 0. The van der Waals surface area contributed by atoms with Gasteiger partial charge in [0.05, 0.1) is 12.1 Å². The second-order valence-electron chi connectivity index (χ2n) is 5.83. The van der Waals surface area contributed by atoms with Gasteiger partial charge in [0.15, 0.2) is 0 Å². The number of likely N-dealkylation sites (N-methyl/N-ethyl adjacent to an activating group) is 1. The van der Waals surface area contributed by atoms with Crippen LogP contribution in [0.15, 0.2) is 48.5 Å². The van der Waals surface area contributed by atoms with Crippen LogP contribution < -0.4 is 10.6 Å². The lowest BCUT2D eigenvalue weighted by Crippen LogP contribution is -2.49. The summed E-state index contributed by atoms with van der Waals surface area (Å²) in [7, 11) is 1.68. The Morgan fingerprint density at radius 3 is 1.88 bits per heavy atom. The van der Waals surface area contributed by atoms with E-state index in [1.165, 1.54) is 0 Å². The predicted molar refractivity (Wildman–Crippen MR) is 94.5 cm³/mol. The number of amides is 1. The average Bonchev–Trinajstić information content (AvgIpc) is 2.62. The number of hydrogen-bond acceptors (Lipinski definition) is 5. The lowest BCUT2D eigenvalue weighted by atomic mass is 10.0. The molecule has 0 saturated carbocycles. The number of nitrogens with one attached hydrogen (secondary N) is 2. The van der Waals surface area contributed by atoms with Crippen LogP contribution >= 0.6 is 0 Å². The smallest absolute Gasteiger partial charge is 0.238 e. The number of benzene rings is 2. The third-order valence-electron chi connectivity index (χ3n) is 3.92. The van der Waals surface area contributed by atoms with Crippen LogP contribution in [0.25, 0.3) is 0 Å². The SMILES string of the molecule is CNC(Cc1ccc(O)cc1)C(=O)NC(C=O)Cc1ccc(O)cc1. The van der Waals surface area contributed by atoms with E-state index in [-0.39, 0.29) is 17.4 Å². The van der Waals surface area contributed by atoms with Gasteiger partial charge in [-0.2, -0.15) is 0 Å². The average molecular weight is 342 g/mol. The molecule has 2 unspecified atom stereocenters. The zero-order chi connectivity index (χ0) is 18.2. The summed E-state index contributed by atoms with van der Waals surface area (Å²) in [5, 5.41) is 24.3. The molecule has 25 heavy (non-hydrogen) atoms. The summed E-state index contributed by atoms with van der Waals surface area (Å²) in [4.78, 5) is 23.7. The number of aromatic hydroxyl groups is 2. The van der Waals surface area contributed by atoms with Gasteiger partial charge >= 0.3 is 0 Å². The van der Waals surface area contributed by atoms with E-state index < -0.39 is 12.1 Å². The van der Waals surface area contributed by atoms with E-state index in [0.29, 0.717) is 19.1 Å². The number of carbonyl (C=O) groups is 2. The highest BCUT2D eigenvalue weighted by Crippen LogP contribution is 2.13. The summed E-state index contributed by atoms with van der Waals surface area (Å²) in [6.45, 7) is 0. The van der Waals surface area contributed by atoms with Crippen molar-refractivity contribution in [1.29, 1.82) is 0 Å². The maximum Gasteiger partial charge on any atom is 0.238 e. The normalized spacial score (nSPS) is 13.0. The van der Waals surface area contributed by atoms with Crippen molar-refractivity contribution in [2.45, 2.75) is 24.9 Å². The Morgan fingerprint density at radius 1 is 0.960 bits per heavy atom. The van der Waals surface area contributed by atoms with Crippen molar-refractivity contribution >= 4 is 12.2 Å². The molecular weight excluding hydrogens is 320 g/mol. The molecule has 6 nitrogen and oxygen atoms in total. The van der Waals surface area contributed by atoms with Crippen LogP contribution in [-0.2, 0) is 22.4 Å². The molecule has 0 spiro atoms. The molecule has 0 aromatic heterocycles. The first-order valence-corrected chi connectivity index (χ1v) is 8.00. The molecule has 0 aliphatic rings. The van der Waals surface area contributed by atoms with E-state index in [0.717, 1.165) is 11.1 Å². The van der Waals surface area contributed by atoms with Gasteiger partial charge in [-0.25, -0.2) is 0 Å². The van der Waals surface area contributed by atoms with Crippen LogP contribution in [0.1, 0.15) is 11.1 Å². The molecule has 4 N–H and O–H groups in total. The quantitative estimate of drug-likeness (QED) is 0.540. The number of carbonyl (C=O) groups excluding carboxylic acids is 2. The van der Waals surface area contributed by atoms with Crippen molar-refractivity contribution in [3.05, 3.63) is 59.7 Å². The third kappa shape index (κ3) is 5.61. The summed E-state index contributed by atoms with van der Waals surface area (Å²) in [5.41, 5.74) is 1.74. The van der Waals surface area contributed by atoms with Gasteiger partial charge in [-0.3, -0.25) is 4.79 Å². The maximum absolute atomic E-state index is 12.4. The fourth-order valence-electron chi connectivity index (χ4n) is 2.50. The van der Waals surface area contributed by atoms with E-state index in [9.17, 15) is 19.8 Å². The molecule has 1 amide bonds. The molecule has 0 fully saturated rings. The first kappa shape index (κ1) is 18.5. The molecule has 0 aliphatic carbocycles. The Morgan fingerprint density at radius 2 is 1.44 bits per heavy atom. The minimum absolute atomic E-state index is 0.152. The van der Waals surface area contributed by atoms with Crippen molar-refractivity contribution in [2.75, 3.05) is 7.05 Å². The Kier molecular flexibility index (Phi) is 6.54. The van der Waals surface area contributed by atoms with Crippen LogP contribution in [0, 0.1) is 0 Å². The fourth-order valence-corrected chi connectivity index (χ4v) is 2.50. The summed E-state index contributed by atoms with van der Waals surface area (Å²) in [6.07, 6.45) is 1.50. The van der Waals surface area contributed by atoms with Crippen molar-refractivity contribution in [3.63, 3.8) is 0 Å². The second-order valence-corrected chi connectivity index (χ2v) is 5.83. The topological polar surface area (TPSA) is 98.7 Å². The summed E-state index contributed by atoms with van der Waals surface area (Å²) in [5.74, 6) is 0.0511. The highest BCUT2D eigenvalue weighted by Gasteiger charge is 2.20. The van der Waals surface area contributed by atoms with Crippen LogP contribution in [0.4, 0.5) is 0 Å². The predicted octanol–water partition coefficient (Wildman–Crippen LogP) is 1.15. The maximum atomic E-state index is 12.4. The largest absolute Gasteiger partial charge is 0.508 e. The van der Waals surface area contributed by atoms with E-state index in [4.69, 9.17) is 0 Å². The Balaban J connectivity index is 1.97. The van der Waals surface area contributed by atoms with Crippen LogP contribution in [0.2, 0.25) is 0 Å². The van der Waals surface area contributed by atoms with Gasteiger partial charge in [0.25, 0.3) is 0 Å². The van der Waals surface area contributed by atoms with Crippen molar-refractivity contribution in [1.82, 2.24) is 10.6 Å². The number of phenolic OH excluding ortho intramolecular Hbond substituents is 2. The van der Waals surface area contributed by atoms with E-state index in [2.05, 4.69) is 10.6 Å². The molecule has 2 aromatic carbocycles. The molecule has 2 aromatic rings. The van der Waals surface area contributed by atoms with E-state index in [1.807, 2.05) is 0 Å². The molecule has 0 aliphatic heterocycles. The molecule has 2 atom stereocenters. The monoisotopic (exact) mass is 342 g/mol. The van der Waals surface area contributed by atoms with Crippen LogP contribution in [0.5, 0.6) is 11.5 Å². The van der Waals surface area contributed by atoms with Crippen molar-refractivity contribution in [3.8, 4) is 11.5 Å². The summed E-state index contributed by atoms with van der Waals surface area (Å²) >= 11 is 0. The van der Waals surface area contributed by atoms with Gasteiger partial charge < -0.3 is 25.6 Å². The highest BCUT2D eigenvalue weighted by atomic mass is 16.3. The zero-order valence-electron chi connectivity index (χ0n) is 14.0. The van der Waals surface area contributed by atoms with Gasteiger partial charge in [-0.1, -0.05) is 24.3 Å². The van der Waals surface area contributed by atoms with Crippen LogP contribution in [0.3, 0.4) is 0 Å². The summed E-state index contributed by atoms with van der Waals surface area (Å²) in [6, 6.07) is 12.0. The zero-order valence-corrected chi connectivity index (χ0v) is 14.0. The van der Waals surface area contributed by atoms with Crippen molar-refractivity contribution in [2.24, 2.45) is 0 Å². The third-order valence-corrected chi connectivity index (χ3v) is 3.92. The molecule has 0 saturated heterocycles. The van der Waals surface area contributed by atoms with Gasteiger partial charge in [0, 0.05) is 0 Å². The molecule has 0 radical (unpaired) electrons. The Hall–Kier alpha value is -2.86. The number of rotatable bonds is 8. The molecule has 0 bridgehead atoms. The first-order valence-electron chi connectivity index (χ1n) is 8.00. The Bertz CT molecular complexity index is 698. The fraction of sp³-hybridized carbons (Fsp3) is 0.263. The molecule has 6 heteroatoms. The number of hydrogen-bond donors (Lipinski definition) is 4. The molecule has 132 valence electrons. The van der Waals surface area contributed by atoms with E-state index in [1.54, 1.807) is 55.6 Å². The minimum atomic E-state index is -0.646. The van der Waals surface area contributed by atoms with Gasteiger partial charge in [0.1, 0.15) is 17.8 Å². The van der Waals surface area contributed by atoms with Crippen molar-refractivity contribution < 1.29 is 19.8 Å². The van der Waals surface area contributed by atoms with Gasteiger partial charge in [-0.05, 0) is 55.3 Å². The second kappa shape index (κ2) is 8.84. The van der Waals surface area contributed by atoms with E-state index >= 15 is 0 Å². The van der Waals surface area contributed by atoms with Crippen LogP contribution in [-0.4, -0.2) is 41.5 Å². The van der Waals surface area contributed by atoms with Gasteiger partial charge in [0.2, 0.25) is 5.91 Å². The number of phenols is 2.